The predicted octanol–water partition coefficient (Wildman–Crippen LogP) is 4.16. The van der Waals surface area contributed by atoms with Crippen molar-refractivity contribution in [3.05, 3.63) is 81.9 Å². The minimum Gasteiger partial charge on any atom is -0.494 e. The first-order valence-corrected chi connectivity index (χ1v) is 8.58. The summed E-state index contributed by atoms with van der Waals surface area (Å²) in [5, 5.41) is 14.9. The zero-order chi connectivity index (χ0) is 20.8. The van der Waals surface area contributed by atoms with Crippen LogP contribution >= 0.6 is 0 Å². The SMILES string of the molecule is CCOc1ccc(C(=O)N/N=C\c2ccc(-c3ccc(F)cc3[N+](=O)[O-])o2)cc1. The summed E-state index contributed by atoms with van der Waals surface area (Å²) in [5.74, 6) is -0.0526. The molecule has 0 radical (unpaired) electrons. The molecule has 9 heteroatoms. The van der Waals surface area contributed by atoms with Crippen molar-refractivity contribution in [2.75, 3.05) is 6.61 Å². The van der Waals surface area contributed by atoms with Gasteiger partial charge in [-0.15, -0.1) is 0 Å². The van der Waals surface area contributed by atoms with Gasteiger partial charge in [0.1, 0.15) is 23.1 Å². The number of ether oxygens (including phenoxy) is 1. The topological polar surface area (TPSA) is 107 Å². The average molecular weight is 397 g/mol. The summed E-state index contributed by atoms with van der Waals surface area (Å²) in [5.41, 5.74) is 2.48. The van der Waals surface area contributed by atoms with Crippen LogP contribution in [0, 0.1) is 15.9 Å². The number of hydrogen-bond donors (Lipinski definition) is 1. The van der Waals surface area contributed by atoms with Gasteiger partial charge in [0.05, 0.1) is 29.4 Å². The summed E-state index contributed by atoms with van der Waals surface area (Å²) >= 11 is 0. The molecular weight excluding hydrogens is 381 g/mol. The van der Waals surface area contributed by atoms with Crippen LogP contribution in [0.2, 0.25) is 0 Å². The lowest BCUT2D eigenvalue weighted by Gasteiger charge is -2.03. The van der Waals surface area contributed by atoms with E-state index >= 15 is 0 Å². The van der Waals surface area contributed by atoms with Crippen molar-refractivity contribution < 1.29 is 23.3 Å². The molecule has 0 fully saturated rings. The number of nitrogens with zero attached hydrogens (tertiary/aromatic N) is 2. The molecule has 0 bridgehead atoms. The number of halogens is 1. The monoisotopic (exact) mass is 397 g/mol. The Balaban J connectivity index is 1.68. The molecule has 0 aliphatic carbocycles. The van der Waals surface area contributed by atoms with Crippen LogP contribution in [0.5, 0.6) is 5.75 Å². The minimum atomic E-state index is -0.717. The maximum Gasteiger partial charge on any atom is 0.283 e. The number of furan rings is 1. The predicted molar refractivity (Wildman–Crippen MR) is 103 cm³/mol. The molecule has 3 rings (SSSR count). The van der Waals surface area contributed by atoms with Gasteiger partial charge in [-0.2, -0.15) is 5.10 Å². The highest BCUT2D eigenvalue weighted by atomic mass is 19.1. The van der Waals surface area contributed by atoms with Gasteiger partial charge in [-0.3, -0.25) is 14.9 Å². The molecule has 0 saturated heterocycles. The summed E-state index contributed by atoms with van der Waals surface area (Å²) in [4.78, 5) is 22.5. The number of carbonyl (C=O) groups excluding carboxylic acids is 1. The van der Waals surface area contributed by atoms with Gasteiger partial charge in [0, 0.05) is 5.56 Å². The van der Waals surface area contributed by atoms with E-state index in [9.17, 15) is 19.3 Å². The Bertz CT molecular complexity index is 1060. The second kappa shape index (κ2) is 8.79. The van der Waals surface area contributed by atoms with Crippen LogP contribution in [0.1, 0.15) is 23.0 Å². The third kappa shape index (κ3) is 4.83. The third-order valence-electron chi connectivity index (χ3n) is 3.83. The molecule has 0 unspecified atom stereocenters. The number of nitro groups is 1. The molecule has 8 nitrogen and oxygen atoms in total. The lowest BCUT2D eigenvalue weighted by Crippen LogP contribution is -2.17. The van der Waals surface area contributed by atoms with E-state index in [-0.39, 0.29) is 17.1 Å². The summed E-state index contributed by atoms with van der Waals surface area (Å²) in [6, 6.07) is 12.8. The highest BCUT2D eigenvalue weighted by Gasteiger charge is 2.19. The highest BCUT2D eigenvalue weighted by molar-refractivity contribution is 5.94. The van der Waals surface area contributed by atoms with Crippen LogP contribution in [0.4, 0.5) is 10.1 Å². The normalized spacial score (nSPS) is 10.8. The summed E-state index contributed by atoms with van der Waals surface area (Å²) in [6.45, 7) is 2.39. The third-order valence-corrected chi connectivity index (χ3v) is 3.83. The Morgan fingerprint density at radius 3 is 2.69 bits per heavy atom. The molecule has 0 saturated carbocycles. The van der Waals surface area contributed by atoms with Crippen molar-refractivity contribution >= 4 is 17.8 Å². The molecule has 3 aromatic rings. The van der Waals surface area contributed by atoms with Crippen LogP contribution < -0.4 is 10.2 Å². The van der Waals surface area contributed by atoms with Crippen molar-refractivity contribution in [1.29, 1.82) is 0 Å². The van der Waals surface area contributed by atoms with Gasteiger partial charge in [-0.05, 0) is 55.5 Å². The molecule has 0 aliphatic rings. The summed E-state index contributed by atoms with van der Waals surface area (Å²) in [6.07, 6.45) is 1.26. The molecular formula is C20H16FN3O5. The fourth-order valence-corrected chi connectivity index (χ4v) is 2.52. The highest BCUT2D eigenvalue weighted by Crippen LogP contribution is 2.31. The number of hydrogen-bond acceptors (Lipinski definition) is 6. The number of carbonyl (C=O) groups is 1. The fourth-order valence-electron chi connectivity index (χ4n) is 2.52. The standard InChI is InChI=1S/C20H16FN3O5/c1-2-28-15-6-3-13(4-7-15)20(25)23-22-12-16-8-10-19(29-16)17-9-5-14(21)11-18(17)24(26)27/h3-12H,2H2,1H3,(H,23,25)/b22-12-. The largest absolute Gasteiger partial charge is 0.494 e. The van der Waals surface area contributed by atoms with E-state index in [2.05, 4.69) is 10.5 Å². The first-order valence-electron chi connectivity index (χ1n) is 8.58. The second-order valence-corrected chi connectivity index (χ2v) is 5.78. The molecule has 0 atom stereocenters. The molecule has 1 aromatic heterocycles. The molecule has 148 valence electrons. The van der Waals surface area contributed by atoms with Gasteiger partial charge < -0.3 is 9.15 Å². The molecule has 0 aliphatic heterocycles. The Kier molecular flexibility index (Phi) is 5.98. The van der Waals surface area contributed by atoms with E-state index in [0.717, 1.165) is 12.1 Å². The summed E-state index contributed by atoms with van der Waals surface area (Å²) < 4.78 is 24.1. The van der Waals surface area contributed by atoms with Crippen LogP contribution in [-0.2, 0) is 0 Å². The zero-order valence-electron chi connectivity index (χ0n) is 15.3. The number of hydrazone groups is 1. The second-order valence-electron chi connectivity index (χ2n) is 5.78. The summed E-state index contributed by atoms with van der Waals surface area (Å²) in [7, 11) is 0. The number of rotatable bonds is 7. The van der Waals surface area contributed by atoms with Crippen LogP contribution in [0.25, 0.3) is 11.3 Å². The molecule has 1 amide bonds. The smallest absolute Gasteiger partial charge is 0.283 e. The first-order chi connectivity index (χ1) is 14.0. The Labute approximate surface area is 164 Å². The van der Waals surface area contributed by atoms with Crippen molar-refractivity contribution in [2.24, 2.45) is 5.10 Å². The molecule has 1 N–H and O–H groups in total. The molecule has 29 heavy (non-hydrogen) atoms. The first kappa shape index (κ1) is 19.7. The van der Waals surface area contributed by atoms with E-state index in [0.29, 0.717) is 17.9 Å². The van der Waals surface area contributed by atoms with Crippen LogP contribution in [-0.4, -0.2) is 23.7 Å². The van der Waals surface area contributed by atoms with E-state index in [1.165, 1.54) is 24.4 Å². The van der Waals surface area contributed by atoms with Crippen molar-refractivity contribution in [2.45, 2.75) is 6.92 Å². The minimum absolute atomic E-state index is 0.134. The Hall–Kier alpha value is -4.01. The molecule has 1 heterocycles. The van der Waals surface area contributed by atoms with E-state index in [1.54, 1.807) is 24.3 Å². The quantitative estimate of drug-likeness (QED) is 0.366. The van der Waals surface area contributed by atoms with E-state index in [1.807, 2.05) is 6.92 Å². The molecule has 0 spiro atoms. The lowest BCUT2D eigenvalue weighted by molar-refractivity contribution is -0.384. The number of nitro benzene ring substituents is 1. The van der Waals surface area contributed by atoms with Crippen molar-refractivity contribution in [3.8, 4) is 17.1 Å². The van der Waals surface area contributed by atoms with Gasteiger partial charge in [-0.25, -0.2) is 9.82 Å². The number of amides is 1. The molecule has 2 aromatic carbocycles. The lowest BCUT2D eigenvalue weighted by atomic mass is 10.1. The van der Waals surface area contributed by atoms with Gasteiger partial charge in [-0.1, -0.05) is 0 Å². The van der Waals surface area contributed by atoms with E-state index < -0.39 is 22.3 Å². The number of nitrogens with one attached hydrogen (secondary N) is 1. The average Bonchev–Trinajstić information content (AvgIpc) is 3.17. The maximum absolute atomic E-state index is 13.3. The fraction of sp³-hybridized carbons (Fsp3) is 0.100. The maximum atomic E-state index is 13.3. The van der Waals surface area contributed by atoms with Crippen molar-refractivity contribution in [3.63, 3.8) is 0 Å². The van der Waals surface area contributed by atoms with Crippen LogP contribution in [0.15, 0.2) is 64.1 Å². The Morgan fingerprint density at radius 1 is 1.24 bits per heavy atom. The zero-order valence-corrected chi connectivity index (χ0v) is 15.3. The number of benzene rings is 2. The van der Waals surface area contributed by atoms with Crippen LogP contribution in [0.3, 0.4) is 0 Å². The van der Waals surface area contributed by atoms with Gasteiger partial charge in [0.15, 0.2) is 0 Å². The van der Waals surface area contributed by atoms with Gasteiger partial charge in [0.25, 0.3) is 11.6 Å². The van der Waals surface area contributed by atoms with Crippen molar-refractivity contribution in [1.82, 2.24) is 5.43 Å². The van der Waals surface area contributed by atoms with Gasteiger partial charge >= 0.3 is 0 Å². The van der Waals surface area contributed by atoms with Gasteiger partial charge in [0.2, 0.25) is 0 Å². The Morgan fingerprint density at radius 2 is 2.00 bits per heavy atom. The van der Waals surface area contributed by atoms with E-state index in [4.69, 9.17) is 9.15 Å².